The number of carbonyl (C=O) groups excluding carboxylic acids is 1. The maximum atomic E-state index is 12.8. The first-order valence-electron chi connectivity index (χ1n) is 10.7. The van der Waals surface area contributed by atoms with Crippen molar-refractivity contribution in [3.63, 3.8) is 0 Å². The number of piperazine rings is 1. The molecular weight excluding hydrogens is 402 g/mol. The molecule has 0 saturated carbocycles. The third kappa shape index (κ3) is 3.80. The Balaban J connectivity index is 1.42. The predicted molar refractivity (Wildman–Crippen MR) is 125 cm³/mol. The standard InChI is InChI=1S/C24H25N7O/c1-15-3-8-18-19(13-15)29-23(28-18)21-22(25)26-14-20(27-21)16-4-6-17(7-5-16)24(32)31-11-9-30(2)10-12-31/h3-8,13-14H,9-12H2,1-2H3,(H2,25,26)(H,28,29). The van der Waals surface area contributed by atoms with Crippen molar-refractivity contribution in [1.29, 1.82) is 0 Å². The van der Waals surface area contributed by atoms with Crippen LogP contribution in [0.1, 0.15) is 15.9 Å². The first-order chi connectivity index (χ1) is 15.5. The van der Waals surface area contributed by atoms with Crippen LogP contribution in [0.5, 0.6) is 0 Å². The van der Waals surface area contributed by atoms with E-state index in [0.717, 1.165) is 48.3 Å². The number of aryl methyl sites for hydroxylation is 1. The van der Waals surface area contributed by atoms with Crippen molar-refractivity contribution in [3.8, 4) is 22.8 Å². The van der Waals surface area contributed by atoms with E-state index in [9.17, 15) is 4.79 Å². The fraction of sp³-hybridized carbons (Fsp3) is 0.250. The summed E-state index contributed by atoms with van der Waals surface area (Å²) in [4.78, 5) is 33.9. The number of carbonyl (C=O) groups is 1. The lowest BCUT2D eigenvalue weighted by molar-refractivity contribution is 0.0664. The number of nitrogens with two attached hydrogens (primary N) is 1. The molecule has 0 aliphatic carbocycles. The highest BCUT2D eigenvalue weighted by Crippen LogP contribution is 2.26. The van der Waals surface area contributed by atoms with Crippen LogP contribution in [0.4, 0.5) is 5.82 Å². The second-order valence-electron chi connectivity index (χ2n) is 8.27. The van der Waals surface area contributed by atoms with Crippen LogP contribution in [0.25, 0.3) is 33.8 Å². The third-order valence-electron chi connectivity index (χ3n) is 5.88. The van der Waals surface area contributed by atoms with E-state index in [1.54, 1.807) is 6.20 Å². The quantitative estimate of drug-likeness (QED) is 0.521. The molecule has 0 bridgehead atoms. The molecule has 3 N–H and O–H groups in total. The van der Waals surface area contributed by atoms with Crippen LogP contribution < -0.4 is 5.73 Å². The highest BCUT2D eigenvalue weighted by atomic mass is 16.2. The summed E-state index contributed by atoms with van der Waals surface area (Å²) >= 11 is 0. The van der Waals surface area contributed by atoms with Gasteiger partial charge >= 0.3 is 0 Å². The first kappa shape index (κ1) is 20.1. The van der Waals surface area contributed by atoms with Gasteiger partial charge in [0.25, 0.3) is 5.91 Å². The molecule has 0 radical (unpaired) electrons. The van der Waals surface area contributed by atoms with Crippen LogP contribution in [0.15, 0.2) is 48.7 Å². The zero-order chi connectivity index (χ0) is 22.2. The molecule has 1 fully saturated rings. The van der Waals surface area contributed by atoms with Crippen molar-refractivity contribution in [1.82, 2.24) is 29.7 Å². The number of imidazole rings is 1. The number of rotatable bonds is 3. The van der Waals surface area contributed by atoms with Gasteiger partial charge in [-0.1, -0.05) is 18.2 Å². The third-order valence-corrected chi connectivity index (χ3v) is 5.88. The Kier molecular flexibility index (Phi) is 5.07. The minimum atomic E-state index is 0.0614. The monoisotopic (exact) mass is 427 g/mol. The number of anilines is 1. The number of hydrogen-bond acceptors (Lipinski definition) is 6. The molecule has 8 nitrogen and oxygen atoms in total. The van der Waals surface area contributed by atoms with E-state index in [1.165, 1.54) is 0 Å². The van der Waals surface area contributed by atoms with E-state index < -0.39 is 0 Å². The zero-order valence-electron chi connectivity index (χ0n) is 18.2. The Hall–Kier alpha value is -3.78. The second-order valence-corrected chi connectivity index (χ2v) is 8.27. The van der Waals surface area contributed by atoms with E-state index >= 15 is 0 Å². The number of nitrogens with one attached hydrogen (secondary N) is 1. The zero-order valence-corrected chi connectivity index (χ0v) is 18.2. The number of aromatic amines is 1. The summed E-state index contributed by atoms with van der Waals surface area (Å²) in [7, 11) is 2.07. The van der Waals surface area contributed by atoms with Gasteiger partial charge in [0.15, 0.2) is 11.6 Å². The lowest BCUT2D eigenvalue weighted by atomic mass is 10.1. The van der Waals surface area contributed by atoms with E-state index in [0.29, 0.717) is 28.6 Å². The van der Waals surface area contributed by atoms with Crippen LogP contribution in [0.2, 0.25) is 0 Å². The largest absolute Gasteiger partial charge is 0.382 e. The predicted octanol–water partition coefficient (Wildman–Crippen LogP) is 2.97. The maximum absolute atomic E-state index is 12.8. The number of nitrogen functional groups attached to an aromatic ring is 1. The summed E-state index contributed by atoms with van der Waals surface area (Å²) < 4.78 is 0. The van der Waals surface area contributed by atoms with E-state index in [1.807, 2.05) is 54.3 Å². The second kappa shape index (κ2) is 8.05. The average molecular weight is 428 g/mol. The molecule has 1 aliphatic heterocycles. The summed E-state index contributed by atoms with van der Waals surface area (Å²) in [5.74, 6) is 0.956. The molecule has 4 aromatic rings. The summed E-state index contributed by atoms with van der Waals surface area (Å²) in [6, 6.07) is 13.5. The van der Waals surface area contributed by atoms with Gasteiger partial charge in [0.05, 0.1) is 22.9 Å². The maximum Gasteiger partial charge on any atom is 0.253 e. The number of hydrogen-bond donors (Lipinski definition) is 2. The smallest absolute Gasteiger partial charge is 0.253 e. The van der Waals surface area contributed by atoms with Gasteiger partial charge in [-0.3, -0.25) is 4.79 Å². The van der Waals surface area contributed by atoms with E-state index in [4.69, 9.17) is 10.7 Å². The fourth-order valence-electron chi connectivity index (χ4n) is 3.92. The topological polar surface area (TPSA) is 104 Å². The molecule has 32 heavy (non-hydrogen) atoms. The molecule has 1 amide bonds. The number of H-pyrrole nitrogens is 1. The number of likely N-dealkylation sites (N-methyl/N-ethyl adjacent to an activating group) is 1. The number of benzene rings is 2. The molecule has 3 heterocycles. The van der Waals surface area contributed by atoms with Gasteiger partial charge in [0.2, 0.25) is 0 Å². The van der Waals surface area contributed by atoms with Crippen molar-refractivity contribution < 1.29 is 4.79 Å². The number of aromatic nitrogens is 4. The number of fused-ring (bicyclic) bond motifs is 1. The van der Waals surface area contributed by atoms with Crippen molar-refractivity contribution in [2.24, 2.45) is 0 Å². The van der Waals surface area contributed by atoms with E-state index in [-0.39, 0.29) is 5.91 Å². The first-order valence-corrected chi connectivity index (χ1v) is 10.7. The lowest BCUT2D eigenvalue weighted by Gasteiger charge is -2.32. The molecule has 2 aromatic carbocycles. The normalized spacial score (nSPS) is 14.8. The van der Waals surface area contributed by atoms with Crippen molar-refractivity contribution in [3.05, 3.63) is 59.8 Å². The minimum Gasteiger partial charge on any atom is -0.382 e. The molecule has 1 aliphatic rings. The molecule has 0 spiro atoms. The minimum absolute atomic E-state index is 0.0614. The average Bonchev–Trinajstić information content (AvgIpc) is 3.22. The highest BCUT2D eigenvalue weighted by Gasteiger charge is 2.20. The van der Waals surface area contributed by atoms with Gasteiger partial charge in [-0.15, -0.1) is 0 Å². The Labute approximate surface area is 186 Å². The van der Waals surface area contributed by atoms with Crippen molar-refractivity contribution in [2.75, 3.05) is 39.0 Å². The Bertz CT molecular complexity index is 1290. The van der Waals surface area contributed by atoms with Crippen molar-refractivity contribution in [2.45, 2.75) is 6.92 Å². The SMILES string of the molecule is Cc1ccc2nc(-c3nc(-c4ccc(C(=O)N5CCN(C)CC5)cc4)cnc3N)[nH]c2c1. The molecule has 8 heteroatoms. The summed E-state index contributed by atoms with van der Waals surface area (Å²) in [6.07, 6.45) is 1.64. The van der Waals surface area contributed by atoms with Gasteiger partial charge < -0.3 is 20.5 Å². The molecule has 0 atom stereocenters. The van der Waals surface area contributed by atoms with Gasteiger partial charge in [0, 0.05) is 37.3 Å². The summed E-state index contributed by atoms with van der Waals surface area (Å²) in [6.45, 7) is 5.33. The Morgan fingerprint density at radius 1 is 1.03 bits per heavy atom. The number of nitrogens with zero attached hydrogens (tertiary/aromatic N) is 5. The van der Waals surface area contributed by atoms with Crippen molar-refractivity contribution >= 4 is 22.8 Å². The van der Waals surface area contributed by atoms with Gasteiger partial charge in [-0.2, -0.15) is 0 Å². The van der Waals surface area contributed by atoms with Crippen LogP contribution in [-0.4, -0.2) is 68.9 Å². The van der Waals surface area contributed by atoms with Crippen LogP contribution in [0, 0.1) is 6.92 Å². The number of amides is 1. The molecule has 2 aromatic heterocycles. The molecular formula is C24H25N7O. The molecule has 0 unspecified atom stereocenters. The van der Waals surface area contributed by atoms with Gasteiger partial charge in [0.1, 0.15) is 5.69 Å². The van der Waals surface area contributed by atoms with Crippen LogP contribution in [-0.2, 0) is 0 Å². The molecule has 162 valence electrons. The molecule has 5 rings (SSSR count). The van der Waals surface area contributed by atoms with Crippen LogP contribution >= 0.6 is 0 Å². The van der Waals surface area contributed by atoms with Crippen LogP contribution in [0.3, 0.4) is 0 Å². The fourth-order valence-corrected chi connectivity index (χ4v) is 3.92. The van der Waals surface area contributed by atoms with Gasteiger partial charge in [-0.05, 0) is 43.8 Å². The highest BCUT2D eigenvalue weighted by molar-refractivity contribution is 5.94. The Morgan fingerprint density at radius 3 is 2.53 bits per heavy atom. The summed E-state index contributed by atoms with van der Waals surface area (Å²) in [5, 5.41) is 0. The summed E-state index contributed by atoms with van der Waals surface area (Å²) in [5.41, 5.74) is 11.8. The molecule has 1 saturated heterocycles. The van der Waals surface area contributed by atoms with E-state index in [2.05, 4.69) is 26.9 Å². The Morgan fingerprint density at radius 2 is 1.78 bits per heavy atom. The lowest BCUT2D eigenvalue weighted by Crippen LogP contribution is -2.47. The van der Waals surface area contributed by atoms with Gasteiger partial charge in [-0.25, -0.2) is 15.0 Å².